The number of nitrogens with one attached hydrogen (secondary N) is 1. The Hall–Kier alpha value is -7.51. The number of nitrogens with two attached hydrogens (primary N) is 1. The Morgan fingerprint density at radius 2 is 1.20 bits per heavy atom. The summed E-state index contributed by atoms with van der Waals surface area (Å²) in [6, 6.07) is 41.4. The number of carbonyl (C=O) groups excluding carboxylic acids is 1. The Labute approximate surface area is 395 Å². The van der Waals surface area contributed by atoms with Crippen LogP contribution in [-0.4, -0.2) is 44.0 Å². The number of benzene rings is 4. The molecule has 9 aromatic rings. The fourth-order valence-electron chi connectivity index (χ4n) is 5.45. The lowest BCUT2D eigenvalue weighted by molar-refractivity contribution is 0.0903. The molecule has 0 aliphatic rings. The number of aromatic nitrogens is 4. The van der Waals surface area contributed by atoms with Crippen molar-refractivity contribution in [2.75, 3.05) is 18.9 Å². The van der Waals surface area contributed by atoms with Gasteiger partial charge in [-0.1, -0.05) is 133 Å². The van der Waals surface area contributed by atoms with E-state index < -0.39 is 11.8 Å². The zero-order valence-corrected chi connectivity index (χ0v) is 37.9. The number of nitrogen functional groups attached to an aromatic ring is 1. The molecule has 0 amide bonds. The van der Waals surface area contributed by atoms with Gasteiger partial charge >= 0.3 is 5.20 Å². The zero-order valence-electron chi connectivity index (χ0n) is 34.0. The highest BCUT2D eigenvalue weighted by Gasteiger charge is 2.14. The third-order valence-electron chi connectivity index (χ3n) is 8.27. The second-order valence-corrected chi connectivity index (χ2v) is 19.5. The highest BCUT2D eigenvalue weighted by molar-refractivity contribution is 8.24. The molecular weight excluding hydrogens is 949 g/mol. The largest absolute Gasteiger partial charge is 0.447 e. The first kappa shape index (κ1) is 51.1. The molecule has 4 aromatic carbocycles. The summed E-state index contributed by atoms with van der Waals surface area (Å²) in [5.41, 5.74) is 12.5. The van der Waals surface area contributed by atoms with Crippen LogP contribution in [-0.2, 0) is 4.57 Å². The van der Waals surface area contributed by atoms with Gasteiger partial charge in [-0.05, 0) is 50.4 Å². The molecule has 0 radical (unpaired) electrons. The number of carbonyl (C=O) groups is 1. The maximum atomic E-state index is 11.7. The van der Waals surface area contributed by atoms with Gasteiger partial charge in [-0.2, -0.15) is 10.5 Å². The molecule has 0 saturated heterocycles. The summed E-state index contributed by atoms with van der Waals surface area (Å²) in [5, 5.41) is 23.3. The number of H-pyrrole nitrogens is 1. The van der Waals surface area contributed by atoms with Crippen LogP contribution in [0.15, 0.2) is 171 Å². The number of rotatable bonds is 5. The molecule has 9 rings (SSSR count). The molecule has 0 aliphatic heterocycles. The molecule has 0 bridgehead atoms. The highest BCUT2D eigenvalue weighted by Crippen LogP contribution is 2.61. The molecule has 20 heteroatoms. The van der Waals surface area contributed by atoms with Crippen LogP contribution < -0.4 is 11.3 Å². The van der Waals surface area contributed by atoms with E-state index in [0.717, 1.165) is 38.8 Å². The molecule has 332 valence electrons. The molecule has 0 saturated carbocycles. The fourth-order valence-corrected chi connectivity index (χ4v) is 5.68. The van der Waals surface area contributed by atoms with Gasteiger partial charge in [0.15, 0.2) is 5.78 Å². The van der Waals surface area contributed by atoms with Gasteiger partial charge in [0, 0.05) is 22.3 Å². The van der Waals surface area contributed by atoms with Gasteiger partial charge in [0.25, 0.3) is 12.1 Å². The van der Waals surface area contributed by atoms with Crippen LogP contribution in [0.4, 0.5) is 5.88 Å². The zero-order chi connectivity index (χ0) is 47.9. The molecule has 66 heavy (non-hydrogen) atoms. The monoisotopic (exact) mass is 980 g/mol. The van der Waals surface area contributed by atoms with Crippen LogP contribution in [0.25, 0.3) is 60.4 Å². The average Bonchev–Trinajstić information content (AvgIpc) is 4.08. The maximum Gasteiger partial charge on any atom is 0.339 e. The first-order valence-electron chi connectivity index (χ1n) is 18.6. The number of aliphatic hydroxyl groups excluding tert-OH is 1. The molecule has 0 atom stereocenters. The van der Waals surface area contributed by atoms with Crippen LogP contribution in [0.5, 0.6) is 0 Å². The molecular formula is C46H33Cl4N8O7P. The summed E-state index contributed by atoms with van der Waals surface area (Å²) in [4.78, 5) is 39.7. The first-order chi connectivity index (χ1) is 31.8. The molecule has 5 aromatic heterocycles. The van der Waals surface area contributed by atoms with Crippen molar-refractivity contribution in [2.45, 2.75) is 0 Å². The van der Waals surface area contributed by atoms with Crippen LogP contribution in [0.3, 0.4) is 0 Å². The van der Waals surface area contributed by atoms with Crippen LogP contribution in [0.2, 0.25) is 5.15 Å². The van der Waals surface area contributed by atoms with E-state index in [1.54, 1.807) is 42.9 Å². The molecule has 5 heterocycles. The minimum absolute atomic E-state index is 0.0139. The quantitative estimate of drug-likeness (QED) is 0.0478. The van der Waals surface area contributed by atoms with Crippen molar-refractivity contribution in [3.05, 3.63) is 191 Å². The maximum absolute atomic E-state index is 11.7. The molecule has 0 unspecified atom stereocenters. The number of nitriles is 2. The van der Waals surface area contributed by atoms with Gasteiger partial charge in [0.2, 0.25) is 17.3 Å². The standard InChI is InChI=1S/C12H7ClN2O.C12H8N2O2.C11H8N2O.C8H8O2.C3H2N2.Cl3OP/c13-11-10-9(8-4-2-1-3-5-8)6-16-12(10)15-7-14-11;15-11-10-9(8-4-2-1-3-5-8)6-16-12(10)14-7-13-11;12-6-9-10(7-14-11(9)13)8-4-2-1-3-5-8;9-6-8(10)7-4-2-1-3-5-7;1-5-3-2-4;1-5(2,3)4/h1-7H;1-7H,(H,13,14,15);1-5,7H,13H2;1-5,9H,6H2;3H2;. The molecule has 4 N–H and O–H groups in total. The molecule has 0 aliphatic carbocycles. The Morgan fingerprint density at radius 3 is 1.65 bits per heavy atom. The Balaban J connectivity index is 0.000000182. The molecule has 15 nitrogen and oxygen atoms in total. The number of hydrogen-bond acceptors (Lipinski definition) is 13. The third-order valence-corrected chi connectivity index (χ3v) is 8.56. The second-order valence-electron chi connectivity index (χ2n) is 12.5. The Bertz CT molecular complexity index is 3160. The predicted molar refractivity (Wildman–Crippen MR) is 256 cm³/mol. The van der Waals surface area contributed by atoms with E-state index in [0.29, 0.717) is 33.1 Å². The smallest absolute Gasteiger partial charge is 0.339 e. The van der Waals surface area contributed by atoms with Crippen molar-refractivity contribution in [3.8, 4) is 45.5 Å². The number of ketones is 1. The highest BCUT2D eigenvalue weighted by atomic mass is 36.0. The number of hydrogen-bond donors (Lipinski definition) is 3. The van der Waals surface area contributed by atoms with E-state index in [1.165, 1.54) is 18.9 Å². The average molecular weight is 983 g/mol. The number of fused-ring (bicyclic) bond motifs is 2. The van der Waals surface area contributed by atoms with Gasteiger partial charge in [-0.15, -0.1) is 0 Å². The minimum atomic E-state index is -3.22. The number of aliphatic hydroxyl groups is 1. The number of furan rings is 3. The van der Waals surface area contributed by atoms with Crippen molar-refractivity contribution in [1.82, 2.24) is 19.9 Å². The summed E-state index contributed by atoms with van der Waals surface area (Å²) < 4.78 is 25.1. The third kappa shape index (κ3) is 15.6. The Kier molecular flexibility index (Phi) is 20.4. The SMILES string of the molecule is Clc1ncnc2occ(-c3ccccc3)c12.N#Cc1c(-c2ccccc2)coc1N.O=C(CO)c1ccccc1.O=P(Cl)(Cl)Cl.O=c1[nH]cnc2occ(-c3ccccc3)c12.[C-]#[N+]CC#N. The van der Waals surface area contributed by atoms with E-state index in [1.807, 2.05) is 103 Å². The summed E-state index contributed by atoms with van der Waals surface area (Å²) in [6.45, 7) is 5.58. The first-order valence-corrected chi connectivity index (χ1v) is 23.4. The topological polar surface area (TPSA) is 243 Å². The van der Waals surface area contributed by atoms with Gasteiger partial charge in [0.1, 0.15) is 60.0 Å². The van der Waals surface area contributed by atoms with Crippen molar-refractivity contribution in [3.63, 3.8) is 0 Å². The van der Waals surface area contributed by atoms with E-state index in [9.17, 15) is 14.2 Å². The second kappa shape index (κ2) is 26.3. The minimum Gasteiger partial charge on any atom is -0.447 e. The lowest BCUT2D eigenvalue weighted by atomic mass is 10.1. The summed E-state index contributed by atoms with van der Waals surface area (Å²) in [5.74, 6) is -0.0630. The predicted octanol–water partition coefficient (Wildman–Crippen LogP) is 12.2. The van der Waals surface area contributed by atoms with Crippen molar-refractivity contribution in [1.29, 1.82) is 10.5 Å². The van der Waals surface area contributed by atoms with Crippen molar-refractivity contribution < 1.29 is 27.7 Å². The number of aromatic amines is 1. The lowest BCUT2D eigenvalue weighted by Crippen LogP contribution is -2.05. The normalized spacial score (nSPS) is 9.91. The van der Waals surface area contributed by atoms with Gasteiger partial charge < -0.3 is 33.9 Å². The summed E-state index contributed by atoms with van der Waals surface area (Å²) in [6.07, 6.45) is 7.44. The molecule has 0 fully saturated rings. The van der Waals surface area contributed by atoms with Crippen LogP contribution in [0, 0.1) is 29.2 Å². The number of anilines is 1. The molecule has 0 spiro atoms. The van der Waals surface area contributed by atoms with Crippen molar-refractivity contribution in [2.24, 2.45) is 0 Å². The van der Waals surface area contributed by atoms with E-state index >= 15 is 0 Å². The van der Waals surface area contributed by atoms with Crippen molar-refractivity contribution >= 4 is 84.4 Å². The number of nitrogens with zero attached hydrogens (tertiary/aromatic N) is 6. The van der Waals surface area contributed by atoms with Crippen LogP contribution >= 0.6 is 50.5 Å². The summed E-state index contributed by atoms with van der Waals surface area (Å²) in [7, 11) is 0. The lowest BCUT2D eigenvalue weighted by Gasteiger charge is -1.97. The van der Waals surface area contributed by atoms with E-state index in [4.69, 9.17) is 52.8 Å². The van der Waals surface area contributed by atoms with Crippen LogP contribution in [0.1, 0.15) is 15.9 Å². The number of halogens is 4. The van der Waals surface area contributed by atoms with Gasteiger partial charge in [-0.25, -0.2) is 21.5 Å². The van der Waals surface area contributed by atoms with Gasteiger partial charge in [0.05, 0.1) is 11.7 Å². The fraction of sp³-hybridized carbons (Fsp3) is 0.0435. The number of Topliss-reactive ketones (excluding diaryl/α,β-unsaturated/α-hetero) is 1. The summed E-state index contributed by atoms with van der Waals surface area (Å²) >= 11 is 19.9. The van der Waals surface area contributed by atoms with E-state index in [2.05, 4.69) is 58.5 Å². The van der Waals surface area contributed by atoms with Gasteiger partial charge in [-0.3, -0.25) is 14.2 Å². The Morgan fingerprint density at radius 1 is 0.742 bits per heavy atom. The van der Waals surface area contributed by atoms with E-state index in [-0.39, 0.29) is 23.8 Å².